The van der Waals surface area contributed by atoms with E-state index in [0.29, 0.717) is 18.2 Å². The number of nitrogens with zero attached hydrogens (tertiary/aromatic N) is 2. The Morgan fingerprint density at radius 3 is 3.11 bits per heavy atom. The van der Waals surface area contributed by atoms with Crippen molar-refractivity contribution in [3.63, 3.8) is 0 Å². The molecule has 0 aromatic carbocycles. The van der Waals surface area contributed by atoms with Crippen LogP contribution in [0.15, 0.2) is 23.0 Å². The van der Waals surface area contributed by atoms with Crippen LogP contribution in [0.1, 0.15) is 17.3 Å². The first-order chi connectivity index (χ1) is 8.72. The summed E-state index contributed by atoms with van der Waals surface area (Å²) in [5.41, 5.74) is 8.32. The summed E-state index contributed by atoms with van der Waals surface area (Å²) in [4.78, 5) is 0. The summed E-state index contributed by atoms with van der Waals surface area (Å²) >= 11 is 7.83. The lowest BCUT2D eigenvalue weighted by molar-refractivity contribution is 0.182. The second kappa shape index (κ2) is 6.33. The molecule has 0 saturated heterocycles. The molecular weight excluding hydrogens is 270 g/mol. The van der Waals surface area contributed by atoms with Crippen molar-refractivity contribution in [3.05, 3.63) is 39.3 Å². The Morgan fingerprint density at radius 2 is 2.44 bits per heavy atom. The molecule has 1 unspecified atom stereocenters. The van der Waals surface area contributed by atoms with E-state index in [1.165, 1.54) is 5.56 Å². The van der Waals surface area contributed by atoms with Crippen LogP contribution in [-0.4, -0.2) is 23.5 Å². The van der Waals surface area contributed by atoms with Crippen LogP contribution in [-0.2, 0) is 17.7 Å². The van der Waals surface area contributed by atoms with Crippen LogP contribution in [0.5, 0.6) is 0 Å². The first-order valence-electron chi connectivity index (χ1n) is 5.69. The first kappa shape index (κ1) is 13.5. The fourth-order valence-corrected chi connectivity index (χ4v) is 2.82. The van der Waals surface area contributed by atoms with Gasteiger partial charge in [0.1, 0.15) is 0 Å². The Morgan fingerprint density at radius 1 is 1.61 bits per heavy atom. The standard InChI is InChI=1S/C12H16ClN3OS/c1-17-4-3-16-12(10(13)7-15-16)11(14)6-9-2-5-18-8-9/h2,5,7-8,11H,3-4,6,14H2,1H3. The third-order valence-electron chi connectivity index (χ3n) is 2.73. The lowest BCUT2D eigenvalue weighted by atomic mass is 10.1. The van der Waals surface area contributed by atoms with Gasteiger partial charge >= 0.3 is 0 Å². The number of hydrogen-bond acceptors (Lipinski definition) is 4. The number of methoxy groups -OCH3 is 1. The second-order valence-electron chi connectivity index (χ2n) is 4.04. The van der Waals surface area contributed by atoms with Crippen LogP contribution in [0.3, 0.4) is 0 Å². The largest absolute Gasteiger partial charge is 0.383 e. The van der Waals surface area contributed by atoms with Gasteiger partial charge in [0.15, 0.2) is 0 Å². The topological polar surface area (TPSA) is 53.1 Å². The van der Waals surface area contributed by atoms with Gasteiger partial charge < -0.3 is 10.5 Å². The lowest BCUT2D eigenvalue weighted by Gasteiger charge is -2.14. The van der Waals surface area contributed by atoms with Gasteiger partial charge in [-0.1, -0.05) is 11.6 Å². The molecule has 0 radical (unpaired) electrons. The van der Waals surface area contributed by atoms with E-state index in [2.05, 4.69) is 16.5 Å². The molecule has 6 heteroatoms. The fraction of sp³-hybridized carbons (Fsp3) is 0.417. The van der Waals surface area contributed by atoms with Gasteiger partial charge in [-0.3, -0.25) is 4.68 Å². The Bertz CT molecular complexity index is 483. The molecule has 0 saturated carbocycles. The van der Waals surface area contributed by atoms with E-state index in [4.69, 9.17) is 22.1 Å². The van der Waals surface area contributed by atoms with E-state index < -0.39 is 0 Å². The van der Waals surface area contributed by atoms with E-state index >= 15 is 0 Å². The first-order valence-corrected chi connectivity index (χ1v) is 7.01. The minimum absolute atomic E-state index is 0.147. The van der Waals surface area contributed by atoms with Crippen molar-refractivity contribution in [2.45, 2.75) is 19.0 Å². The number of aromatic nitrogens is 2. The Hall–Kier alpha value is -0.880. The molecule has 2 heterocycles. The molecule has 0 fully saturated rings. The molecule has 0 spiro atoms. The van der Waals surface area contributed by atoms with Gasteiger partial charge in [0.25, 0.3) is 0 Å². The van der Waals surface area contributed by atoms with E-state index in [1.54, 1.807) is 24.6 Å². The van der Waals surface area contributed by atoms with Crippen molar-refractivity contribution in [2.75, 3.05) is 13.7 Å². The van der Waals surface area contributed by atoms with Gasteiger partial charge in [0.05, 0.1) is 36.1 Å². The second-order valence-corrected chi connectivity index (χ2v) is 5.22. The average molecular weight is 286 g/mol. The lowest BCUT2D eigenvalue weighted by Crippen LogP contribution is -2.20. The number of ether oxygens (including phenoxy) is 1. The average Bonchev–Trinajstić information content (AvgIpc) is 2.96. The highest BCUT2D eigenvalue weighted by atomic mass is 35.5. The van der Waals surface area contributed by atoms with Crippen molar-refractivity contribution < 1.29 is 4.74 Å². The molecular formula is C12H16ClN3OS. The molecule has 4 nitrogen and oxygen atoms in total. The van der Waals surface area contributed by atoms with Crippen LogP contribution >= 0.6 is 22.9 Å². The summed E-state index contributed by atoms with van der Waals surface area (Å²) in [7, 11) is 1.66. The summed E-state index contributed by atoms with van der Waals surface area (Å²) in [6, 6.07) is 1.93. The Kier molecular flexibility index (Phi) is 4.77. The smallest absolute Gasteiger partial charge is 0.0834 e. The minimum Gasteiger partial charge on any atom is -0.383 e. The quantitative estimate of drug-likeness (QED) is 0.887. The van der Waals surface area contributed by atoms with Crippen molar-refractivity contribution in [1.29, 1.82) is 0 Å². The maximum atomic E-state index is 6.22. The van der Waals surface area contributed by atoms with Gasteiger partial charge in [-0.05, 0) is 28.8 Å². The van der Waals surface area contributed by atoms with E-state index in [1.807, 2.05) is 10.1 Å². The molecule has 98 valence electrons. The molecule has 0 amide bonds. The Labute approximate surface area is 115 Å². The fourth-order valence-electron chi connectivity index (χ4n) is 1.86. The summed E-state index contributed by atoms with van der Waals surface area (Å²) in [6.07, 6.45) is 2.40. The molecule has 2 aromatic heterocycles. The third-order valence-corrected chi connectivity index (χ3v) is 3.75. The van der Waals surface area contributed by atoms with E-state index in [9.17, 15) is 0 Å². The molecule has 0 aliphatic rings. The predicted molar refractivity (Wildman–Crippen MR) is 74.1 cm³/mol. The Balaban J connectivity index is 2.13. The summed E-state index contributed by atoms with van der Waals surface area (Å²) in [5, 5.41) is 9.00. The summed E-state index contributed by atoms with van der Waals surface area (Å²) in [5.74, 6) is 0. The number of hydrogen-bond donors (Lipinski definition) is 1. The number of rotatable bonds is 6. The normalized spacial score (nSPS) is 12.8. The minimum atomic E-state index is -0.147. The highest BCUT2D eigenvalue weighted by molar-refractivity contribution is 7.07. The number of nitrogens with two attached hydrogens (primary N) is 1. The summed E-state index contributed by atoms with van der Waals surface area (Å²) in [6.45, 7) is 1.26. The number of thiophene rings is 1. The molecule has 2 N–H and O–H groups in total. The van der Waals surface area contributed by atoms with Crippen LogP contribution in [0, 0.1) is 0 Å². The van der Waals surface area contributed by atoms with Gasteiger partial charge in [0.2, 0.25) is 0 Å². The predicted octanol–water partition coefficient (Wildman–Crippen LogP) is 2.49. The van der Waals surface area contributed by atoms with E-state index in [-0.39, 0.29) is 6.04 Å². The number of halogens is 1. The van der Waals surface area contributed by atoms with Gasteiger partial charge in [-0.15, -0.1) is 0 Å². The van der Waals surface area contributed by atoms with Gasteiger partial charge in [-0.25, -0.2) is 0 Å². The SMILES string of the molecule is COCCn1ncc(Cl)c1C(N)Cc1ccsc1. The zero-order chi connectivity index (χ0) is 13.0. The van der Waals surface area contributed by atoms with Crippen LogP contribution < -0.4 is 5.73 Å². The van der Waals surface area contributed by atoms with Crippen molar-refractivity contribution in [2.24, 2.45) is 5.73 Å². The van der Waals surface area contributed by atoms with Crippen molar-refractivity contribution in [1.82, 2.24) is 9.78 Å². The van der Waals surface area contributed by atoms with E-state index in [0.717, 1.165) is 12.1 Å². The van der Waals surface area contributed by atoms with Crippen LogP contribution in [0.25, 0.3) is 0 Å². The molecule has 18 heavy (non-hydrogen) atoms. The molecule has 0 aliphatic heterocycles. The van der Waals surface area contributed by atoms with Gasteiger partial charge in [0, 0.05) is 7.11 Å². The highest BCUT2D eigenvalue weighted by Crippen LogP contribution is 2.24. The molecule has 0 aliphatic carbocycles. The third kappa shape index (κ3) is 3.11. The molecule has 2 rings (SSSR count). The van der Waals surface area contributed by atoms with Crippen molar-refractivity contribution >= 4 is 22.9 Å². The summed E-state index contributed by atoms with van der Waals surface area (Å²) < 4.78 is 6.87. The highest BCUT2D eigenvalue weighted by Gasteiger charge is 2.17. The molecule has 2 aromatic rings. The zero-order valence-corrected chi connectivity index (χ0v) is 11.7. The van der Waals surface area contributed by atoms with Crippen LogP contribution in [0.4, 0.5) is 0 Å². The van der Waals surface area contributed by atoms with Crippen molar-refractivity contribution in [3.8, 4) is 0 Å². The maximum absolute atomic E-state index is 6.22. The zero-order valence-electron chi connectivity index (χ0n) is 10.2. The van der Waals surface area contributed by atoms with Crippen LogP contribution in [0.2, 0.25) is 5.02 Å². The van der Waals surface area contributed by atoms with Gasteiger partial charge in [-0.2, -0.15) is 16.4 Å². The monoisotopic (exact) mass is 285 g/mol. The molecule has 0 bridgehead atoms. The molecule has 1 atom stereocenters. The maximum Gasteiger partial charge on any atom is 0.0834 e.